The van der Waals surface area contributed by atoms with Gasteiger partial charge in [0.25, 0.3) is 0 Å². The molecule has 0 aromatic rings. The summed E-state index contributed by atoms with van der Waals surface area (Å²) < 4.78 is 0. The minimum atomic E-state index is -1.05. The molecule has 5 heteroatoms. The Morgan fingerprint density at radius 2 is 2.09 bits per heavy atom. The Morgan fingerprint density at radius 3 is 2.18 bits per heavy atom. The zero-order valence-electron chi connectivity index (χ0n) is 6.83. The first-order chi connectivity index (χ1) is 4.89. The fourth-order valence-corrected chi connectivity index (χ4v) is 0.651. The Kier molecular flexibility index (Phi) is 2.89. The molecule has 0 aliphatic heterocycles. The molecule has 0 spiro atoms. The van der Waals surface area contributed by atoms with E-state index in [9.17, 15) is 4.79 Å². The van der Waals surface area contributed by atoms with E-state index in [0.717, 1.165) is 0 Å². The van der Waals surface area contributed by atoms with Crippen molar-refractivity contribution in [2.75, 3.05) is 0 Å². The van der Waals surface area contributed by atoms with Crippen molar-refractivity contribution in [2.45, 2.75) is 26.8 Å². The van der Waals surface area contributed by atoms with Crippen LogP contribution in [0.25, 0.3) is 0 Å². The lowest BCUT2D eigenvalue weighted by atomic mass is 9.87. The third-order valence-electron chi connectivity index (χ3n) is 1.23. The van der Waals surface area contributed by atoms with E-state index in [1.165, 1.54) is 0 Å². The molecule has 0 saturated carbocycles. The lowest BCUT2D eigenvalue weighted by Crippen LogP contribution is -2.32. The molecule has 1 atom stereocenters. The van der Waals surface area contributed by atoms with Crippen molar-refractivity contribution in [3.63, 3.8) is 0 Å². The van der Waals surface area contributed by atoms with Crippen LogP contribution in [0.5, 0.6) is 0 Å². The van der Waals surface area contributed by atoms with Crippen LogP contribution in [0.2, 0.25) is 0 Å². The first-order valence-electron chi connectivity index (χ1n) is 3.19. The summed E-state index contributed by atoms with van der Waals surface area (Å²) in [4.78, 5) is 13.2. The van der Waals surface area contributed by atoms with Gasteiger partial charge in [-0.15, -0.1) is 0 Å². The smallest absolute Gasteiger partial charge is 0.336 e. The summed E-state index contributed by atoms with van der Waals surface area (Å²) in [6, 6.07) is -0.931. The highest BCUT2D eigenvalue weighted by molar-refractivity contribution is 5.74. The number of nitrogens with one attached hydrogen (secondary N) is 1. The van der Waals surface area contributed by atoms with Gasteiger partial charge in [-0.3, -0.25) is 0 Å². The number of nitrogens with zero attached hydrogens (tertiary/aromatic N) is 2. The molecule has 0 unspecified atom stereocenters. The molecular formula is C6H12N3O2+. The van der Waals surface area contributed by atoms with Crippen LogP contribution in [-0.2, 0) is 4.79 Å². The van der Waals surface area contributed by atoms with Gasteiger partial charge in [-0.1, -0.05) is 20.8 Å². The zero-order chi connectivity index (χ0) is 9.07. The highest BCUT2D eigenvalue weighted by Crippen LogP contribution is 2.21. The molecule has 0 bridgehead atoms. The summed E-state index contributed by atoms with van der Waals surface area (Å²) in [6.07, 6.45) is 0. The molecule has 0 heterocycles. The van der Waals surface area contributed by atoms with E-state index in [1.54, 1.807) is 20.8 Å². The van der Waals surface area contributed by atoms with Crippen LogP contribution >= 0.6 is 0 Å². The molecule has 5 nitrogen and oxygen atoms in total. The Labute approximate surface area is 64.7 Å². The number of carbonyl (C=O) groups is 1. The van der Waals surface area contributed by atoms with Gasteiger partial charge in [0.15, 0.2) is 0 Å². The molecule has 0 fully saturated rings. The predicted octanol–water partition coefficient (Wildman–Crippen LogP) is 1.04. The molecule has 0 amide bonds. The highest BCUT2D eigenvalue weighted by Gasteiger charge is 2.35. The summed E-state index contributed by atoms with van der Waals surface area (Å²) in [5.41, 5.74) is 5.91. The van der Waals surface area contributed by atoms with Crippen LogP contribution in [0, 0.1) is 10.9 Å². The van der Waals surface area contributed by atoms with E-state index >= 15 is 0 Å². The van der Waals surface area contributed by atoms with Crippen LogP contribution < -0.4 is 4.91 Å². The first-order valence-corrected chi connectivity index (χ1v) is 3.19. The lowest BCUT2D eigenvalue weighted by molar-refractivity contribution is -0.141. The topological polar surface area (TPSA) is 87.6 Å². The Morgan fingerprint density at radius 1 is 1.64 bits per heavy atom. The van der Waals surface area contributed by atoms with Crippen molar-refractivity contribution < 1.29 is 9.90 Å². The normalized spacial score (nSPS) is 13.4. The third kappa shape index (κ3) is 2.91. The first kappa shape index (κ1) is 9.78. The molecule has 62 valence electrons. The Balaban J connectivity index is 4.61. The van der Waals surface area contributed by atoms with Crippen molar-refractivity contribution in [1.29, 1.82) is 5.53 Å². The van der Waals surface area contributed by atoms with Gasteiger partial charge < -0.3 is 5.11 Å². The van der Waals surface area contributed by atoms with Crippen LogP contribution in [-0.4, -0.2) is 17.1 Å². The maximum atomic E-state index is 10.5. The maximum absolute atomic E-state index is 10.5. The van der Waals surface area contributed by atoms with Gasteiger partial charge in [0.2, 0.25) is 11.0 Å². The summed E-state index contributed by atoms with van der Waals surface area (Å²) in [7, 11) is 0. The average Bonchev–Trinajstić information content (AvgIpc) is 1.79. The molecule has 0 saturated heterocycles. The Hall–Kier alpha value is -1.22. The number of hydrogen-bond acceptors (Lipinski definition) is 3. The second-order valence-electron chi connectivity index (χ2n) is 3.32. The van der Waals surface area contributed by atoms with Crippen LogP contribution in [0.1, 0.15) is 20.8 Å². The molecular weight excluding hydrogens is 146 g/mol. The highest BCUT2D eigenvalue weighted by atomic mass is 16.4. The van der Waals surface area contributed by atoms with E-state index in [4.69, 9.17) is 10.6 Å². The van der Waals surface area contributed by atoms with Gasteiger partial charge in [0.1, 0.15) is 10.6 Å². The molecule has 0 aromatic heterocycles. The largest absolute Gasteiger partial charge is 0.479 e. The van der Waals surface area contributed by atoms with Crippen LogP contribution in [0.15, 0.2) is 5.11 Å². The average molecular weight is 158 g/mol. The van der Waals surface area contributed by atoms with E-state index in [-0.39, 0.29) is 0 Å². The van der Waals surface area contributed by atoms with E-state index < -0.39 is 17.4 Å². The van der Waals surface area contributed by atoms with Gasteiger partial charge in [-0.25, -0.2) is 4.79 Å². The maximum Gasteiger partial charge on any atom is 0.336 e. The third-order valence-corrected chi connectivity index (χ3v) is 1.23. The van der Waals surface area contributed by atoms with Crippen LogP contribution in [0.4, 0.5) is 0 Å². The molecule has 11 heavy (non-hydrogen) atoms. The van der Waals surface area contributed by atoms with Crippen molar-refractivity contribution in [3.8, 4) is 0 Å². The lowest BCUT2D eigenvalue weighted by Gasteiger charge is -2.17. The van der Waals surface area contributed by atoms with Gasteiger partial charge >= 0.3 is 5.97 Å². The molecule has 0 radical (unpaired) electrons. The molecule has 0 aliphatic rings. The van der Waals surface area contributed by atoms with Crippen molar-refractivity contribution in [3.05, 3.63) is 0 Å². The summed E-state index contributed by atoms with van der Waals surface area (Å²) in [5, 5.41) is 11.9. The number of hydrogen-bond donors (Lipinski definition) is 2. The summed E-state index contributed by atoms with van der Waals surface area (Å²) in [5.74, 6) is -1.05. The van der Waals surface area contributed by atoms with Crippen molar-refractivity contribution in [1.82, 2.24) is 4.91 Å². The van der Waals surface area contributed by atoms with Crippen molar-refractivity contribution >= 4 is 5.97 Å². The summed E-state index contributed by atoms with van der Waals surface area (Å²) in [6.45, 7) is 5.21. The Bertz CT molecular complexity index is 198. The zero-order valence-corrected chi connectivity index (χ0v) is 6.83. The van der Waals surface area contributed by atoms with E-state index in [0.29, 0.717) is 0 Å². The fourth-order valence-electron chi connectivity index (χ4n) is 0.651. The quantitative estimate of drug-likeness (QED) is 0.464. The molecule has 0 aliphatic carbocycles. The summed E-state index contributed by atoms with van der Waals surface area (Å²) >= 11 is 0. The molecule has 0 aromatic carbocycles. The fraction of sp³-hybridized carbons (Fsp3) is 0.833. The number of aliphatic carboxylic acids is 1. The monoisotopic (exact) mass is 158 g/mol. The van der Waals surface area contributed by atoms with Crippen LogP contribution in [0.3, 0.4) is 0 Å². The minimum Gasteiger partial charge on any atom is -0.479 e. The molecule has 2 N–H and O–H groups in total. The number of rotatable bonds is 2. The van der Waals surface area contributed by atoms with Gasteiger partial charge in [-0.05, 0) is 0 Å². The van der Waals surface area contributed by atoms with Crippen molar-refractivity contribution in [2.24, 2.45) is 10.5 Å². The van der Waals surface area contributed by atoms with Gasteiger partial charge in [-0.2, -0.15) is 0 Å². The number of carboxylic acid groups (broad SMARTS) is 1. The van der Waals surface area contributed by atoms with E-state index in [2.05, 4.69) is 10.0 Å². The standard InChI is InChI=1S/C6H11N3O2/c1-6(2,3)4(5(10)11)8-9-7/h4,7H,1-3H3/p+1/t4-/m1/s1. The predicted molar refractivity (Wildman–Crippen MR) is 38.2 cm³/mol. The van der Waals surface area contributed by atoms with Gasteiger partial charge in [0.05, 0.1) is 0 Å². The minimum absolute atomic E-state index is 0.490. The SMILES string of the molecule is CC(C)(C)[C@H](N=[N+]=N)C(=O)O. The second kappa shape index (κ2) is 3.25. The van der Waals surface area contributed by atoms with Gasteiger partial charge in [0, 0.05) is 5.41 Å². The number of carboxylic acids is 1. The van der Waals surface area contributed by atoms with E-state index in [1.807, 2.05) is 0 Å². The second-order valence-corrected chi connectivity index (χ2v) is 3.32. The molecule has 0 rings (SSSR count).